The van der Waals surface area contributed by atoms with Gasteiger partial charge >= 0.3 is 6.09 Å². The summed E-state index contributed by atoms with van der Waals surface area (Å²) in [6, 6.07) is 1.87. The normalized spacial score (nSPS) is 11.8. The van der Waals surface area contributed by atoms with Crippen LogP contribution in [0.4, 0.5) is 4.79 Å². The number of rotatable bonds is 1. The standard InChI is InChI=1S/C8H13N3O2/c1-8(2,3)6(5-9)11-13-7(12)10-4/h1-4H3,(H,10,12). The first-order chi connectivity index (χ1) is 5.91. The molecule has 1 amide bonds. The highest BCUT2D eigenvalue weighted by Crippen LogP contribution is 2.15. The van der Waals surface area contributed by atoms with Crippen molar-refractivity contribution in [3.05, 3.63) is 0 Å². The average Bonchev–Trinajstić information content (AvgIpc) is 2.02. The van der Waals surface area contributed by atoms with Crippen LogP contribution in [0.5, 0.6) is 0 Å². The lowest BCUT2D eigenvalue weighted by atomic mass is 9.91. The van der Waals surface area contributed by atoms with Crippen LogP contribution in [0, 0.1) is 16.7 Å². The van der Waals surface area contributed by atoms with E-state index in [1.807, 2.05) is 26.8 Å². The van der Waals surface area contributed by atoms with Crippen molar-refractivity contribution in [2.45, 2.75) is 20.8 Å². The molecule has 0 spiro atoms. The number of oxime groups is 1. The second-order valence-electron chi connectivity index (χ2n) is 3.43. The van der Waals surface area contributed by atoms with Gasteiger partial charge in [0.1, 0.15) is 6.07 Å². The van der Waals surface area contributed by atoms with Crippen molar-refractivity contribution in [1.82, 2.24) is 5.32 Å². The van der Waals surface area contributed by atoms with Gasteiger partial charge in [0.05, 0.1) is 0 Å². The van der Waals surface area contributed by atoms with Gasteiger partial charge in [-0.1, -0.05) is 25.9 Å². The van der Waals surface area contributed by atoms with E-state index in [4.69, 9.17) is 5.26 Å². The fourth-order valence-corrected chi connectivity index (χ4v) is 0.458. The Balaban J connectivity index is 4.45. The van der Waals surface area contributed by atoms with Crippen molar-refractivity contribution in [3.8, 4) is 6.07 Å². The number of carbonyl (C=O) groups is 1. The summed E-state index contributed by atoms with van der Waals surface area (Å²) in [5.74, 6) is 0. The summed E-state index contributed by atoms with van der Waals surface area (Å²) in [5.41, 5.74) is -0.237. The van der Waals surface area contributed by atoms with E-state index in [1.165, 1.54) is 7.05 Å². The van der Waals surface area contributed by atoms with Crippen LogP contribution < -0.4 is 5.32 Å². The topological polar surface area (TPSA) is 74.5 Å². The van der Waals surface area contributed by atoms with E-state index in [1.54, 1.807) is 0 Å². The van der Waals surface area contributed by atoms with Gasteiger partial charge in [-0.05, 0) is 0 Å². The van der Waals surface area contributed by atoms with Crippen LogP contribution in [-0.4, -0.2) is 18.9 Å². The second kappa shape index (κ2) is 4.45. The van der Waals surface area contributed by atoms with Crippen molar-refractivity contribution >= 4 is 11.8 Å². The van der Waals surface area contributed by atoms with Crippen molar-refractivity contribution in [1.29, 1.82) is 5.26 Å². The van der Waals surface area contributed by atoms with Gasteiger partial charge in [0.15, 0.2) is 5.71 Å². The zero-order valence-corrected chi connectivity index (χ0v) is 8.21. The lowest BCUT2D eigenvalue weighted by molar-refractivity contribution is 0.152. The van der Waals surface area contributed by atoms with Gasteiger partial charge in [-0.3, -0.25) is 4.84 Å². The molecule has 13 heavy (non-hydrogen) atoms. The average molecular weight is 183 g/mol. The van der Waals surface area contributed by atoms with Crippen LogP contribution in [-0.2, 0) is 4.84 Å². The summed E-state index contributed by atoms with van der Waals surface area (Å²) >= 11 is 0. The Morgan fingerprint density at radius 3 is 2.38 bits per heavy atom. The number of hydrogen-bond acceptors (Lipinski definition) is 4. The summed E-state index contributed by atoms with van der Waals surface area (Å²) in [6.45, 7) is 5.42. The highest BCUT2D eigenvalue weighted by molar-refractivity contribution is 6.02. The fourth-order valence-electron chi connectivity index (χ4n) is 0.458. The van der Waals surface area contributed by atoms with Crippen molar-refractivity contribution < 1.29 is 9.63 Å². The minimum atomic E-state index is -0.683. The van der Waals surface area contributed by atoms with Gasteiger partial charge in [-0.2, -0.15) is 5.26 Å². The SMILES string of the molecule is CNC(=O)ON=C(C#N)C(C)(C)C. The maximum Gasteiger partial charge on any atom is 0.433 e. The molecule has 0 aromatic rings. The molecule has 0 unspecified atom stereocenters. The third-order valence-corrected chi connectivity index (χ3v) is 1.24. The molecule has 0 atom stereocenters. The maximum atomic E-state index is 10.6. The highest BCUT2D eigenvalue weighted by Gasteiger charge is 2.19. The largest absolute Gasteiger partial charge is 0.433 e. The van der Waals surface area contributed by atoms with Gasteiger partial charge in [0.25, 0.3) is 0 Å². The Morgan fingerprint density at radius 2 is 2.08 bits per heavy atom. The first-order valence-electron chi connectivity index (χ1n) is 3.79. The van der Waals surface area contributed by atoms with E-state index < -0.39 is 11.5 Å². The predicted molar refractivity (Wildman–Crippen MR) is 48.0 cm³/mol. The summed E-state index contributed by atoms with van der Waals surface area (Å²) in [4.78, 5) is 15.0. The van der Waals surface area contributed by atoms with Crippen LogP contribution in [0.1, 0.15) is 20.8 Å². The fraction of sp³-hybridized carbons (Fsp3) is 0.625. The molecule has 0 bridgehead atoms. The van der Waals surface area contributed by atoms with E-state index in [-0.39, 0.29) is 5.71 Å². The summed E-state index contributed by atoms with van der Waals surface area (Å²) in [5, 5.41) is 14.3. The van der Waals surface area contributed by atoms with Crippen molar-refractivity contribution in [2.75, 3.05) is 7.05 Å². The lowest BCUT2D eigenvalue weighted by Crippen LogP contribution is -2.22. The quantitative estimate of drug-likeness (QED) is 0.378. The molecule has 0 aliphatic carbocycles. The van der Waals surface area contributed by atoms with Crippen molar-refractivity contribution in [2.24, 2.45) is 10.6 Å². The summed E-state index contributed by atoms with van der Waals surface area (Å²) in [7, 11) is 1.42. The van der Waals surface area contributed by atoms with Gasteiger partial charge in [-0.15, -0.1) is 0 Å². The van der Waals surface area contributed by atoms with E-state index in [2.05, 4.69) is 15.3 Å². The molecule has 5 nitrogen and oxygen atoms in total. The number of nitriles is 1. The summed E-state index contributed by atoms with van der Waals surface area (Å²) < 4.78 is 0. The molecule has 5 heteroatoms. The molecule has 0 heterocycles. The third kappa shape index (κ3) is 4.11. The van der Waals surface area contributed by atoms with E-state index in [9.17, 15) is 4.79 Å². The minimum absolute atomic E-state index is 0.177. The third-order valence-electron chi connectivity index (χ3n) is 1.24. The van der Waals surface area contributed by atoms with Gasteiger partial charge in [0, 0.05) is 12.5 Å². The zero-order valence-electron chi connectivity index (χ0n) is 8.21. The first-order valence-corrected chi connectivity index (χ1v) is 3.79. The molecule has 0 saturated carbocycles. The Morgan fingerprint density at radius 1 is 1.54 bits per heavy atom. The Bertz CT molecular complexity index is 258. The number of amides is 1. The van der Waals surface area contributed by atoms with Crippen LogP contribution in [0.3, 0.4) is 0 Å². The molecular weight excluding hydrogens is 170 g/mol. The van der Waals surface area contributed by atoms with Crippen LogP contribution in [0.2, 0.25) is 0 Å². The predicted octanol–water partition coefficient (Wildman–Crippen LogP) is 1.27. The molecule has 1 N–H and O–H groups in total. The smallest absolute Gasteiger partial charge is 0.323 e. The molecule has 0 saturated heterocycles. The lowest BCUT2D eigenvalue weighted by Gasteiger charge is -2.13. The maximum absolute atomic E-state index is 10.6. The van der Waals surface area contributed by atoms with Crippen LogP contribution in [0.25, 0.3) is 0 Å². The van der Waals surface area contributed by atoms with Gasteiger partial charge in [0.2, 0.25) is 0 Å². The Hall–Kier alpha value is -1.57. The van der Waals surface area contributed by atoms with Gasteiger partial charge in [-0.25, -0.2) is 4.79 Å². The molecule has 0 rings (SSSR count). The second-order valence-corrected chi connectivity index (χ2v) is 3.43. The Labute approximate surface area is 77.4 Å². The number of nitrogens with one attached hydrogen (secondary N) is 1. The first kappa shape index (κ1) is 11.4. The zero-order chi connectivity index (χ0) is 10.5. The van der Waals surface area contributed by atoms with Crippen molar-refractivity contribution in [3.63, 3.8) is 0 Å². The molecular formula is C8H13N3O2. The van der Waals surface area contributed by atoms with E-state index >= 15 is 0 Å². The summed E-state index contributed by atoms with van der Waals surface area (Å²) in [6.07, 6.45) is -0.683. The number of nitrogens with zero attached hydrogens (tertiary/aromatic N) is 2. The highest BCUT2D eigenvalue weighted by atomic mass is 16.7. The molecule has 72 valence electrons. The molecule has 0 radical (unpaired) electrons. The molecule has 0 aromatic heterocycles. The minimum Gasteiger partial charge on any atom is -0.323 e. The number of carbonyl (C=O) groups excluding carboxylic acids is 1. The van der Waals surface area contributed by atoms with E-state index in [0.29, 0.717) is 0 Å². The van der Waals surface area contributed by atoms with E-state index in [0.717, 1.165) is 0 Å². The molecule has 0 aliphatic heterocycles. The van der Waals surface area contributed by atoms with Crippen LogP contribution in [0.15, 0.2) is 5.16 Å². The monoisotopic (exact) mass is 183 g/mol. The van der Waals surface area contributed by atoms with Gasteiger partial charge < -0.3 is 5.32 Å². The molecule has 0 fully saturated rings. The molecule has 0 aliphatic rings. The Kier molecular flexibility index (Phi) is 3.92. The molecule has 0 aromatic carbocycles. The number of hydrogen-bond donors (Lipinski definition) is 1. The van der Waals surface area contributed by atoms with Crippen LogP contribution >= 0.6 is 0 Å².